The summed E-state index contributed by atoms with van der Waals surface area (Å²) < 4.78 is 0. The van der Waals surface area contributed by atoms with Crippen molar-refractivity contribution in [1.29, 1.82) is 0 Å². The van der Waals surface area contributed by atoms with Crippen molar-refractivity contribution in [2.75, 3.05) is 38.1 Å². The molecule has 1 aliphatic rings. The third kappa shape index (κ3) is 5.33. The summed E-state index contributed by atoms with van der Waals surface area (Å²) in [6, 6.07) is 8.75. The van der Waals surface area contributed by atoms with E-state index in [4.69, 9.17) is 0 Å². The first kappa shape index (κ1) is 16.3. The van der Waals surface area contributed by atoms with Gasteiger partial charge in [-0.25, -0.2) is 0 Å². The topological polar surface area (TPSA) is 18.5 Å². The predicted octanol–water partition coefficient (Wildman–Crippen LogP) is 3.11. The van der Waals surface area contributed by atoms with Gasteiger partial charge < -0.3 is 15.1 Å². The Morgan fingerprint density at radius 3 is 2.48 bits per heavy atom. The molecular formula is C18H31N3. The first-order chi connectivity index (χ1) is 9.96. The lowest BCUT2D eigenvalue weighted by molar-refractivity contribution is 0.346. The van der Waals surface area contributed by atoms with E-state index < -0.39 is 0 Å². The molecule has 1 saturated heterocycles. The normalized spacial score (nSPS) is 16.4. The Morgan fingerprint density at radius 1 is 1.14 bits per heavy atom. The van der Waals surface area contributed by atoms with Crippen molar-refractivity contribution in [2.45, 2.75) is 45.7 Å². The zero-order valence-corrected chi connectivity index (χ0v) is 14.2. The molecule has 0 spiro atoms. The van der Waals surface area contributed by atoms with Gasteiger partial charge in [-0.15, -0.1) is 0 Å². The molecular weight excluding hydrogens is 258 g/mol. The van der Waals surface area contributed by atoms with E-state index in [1.165, 1.54) is 43.7 Å². The largest absolute Gasteiger partial charge is 0.373 e. The number of likely N-dealkylation sites (tertiary alicyclic amines) is 1. The lowest BCUT2D eigenvalue weighted by atomic mass is 10.1. The molecule has 0 radical (unpaired) electrons. The zero-order chi connectivity index (χ0) is 15.3. The Balaban J connectivity index is 1.94. The lowest BCUT2D eigenvalue weighted by Crippen LogP contribution is -2.36. The molecule has 1 aliphatic heterocycles. The molecule has 0 unspecified atom stereocenters. The number of likely N-dealkylation sites (N-methyl/N-ethyl adjacent to an activating group) is 1. The maximum absolute atomic E-state index is 3.59. The number of anilines is 1. The monoisotopic (exact) mass is 289 g/mol. The zero-order valence-electron chi connectivity index (χ0n) is 14.2. The molecule has 0 aliphatic carbocycles. The predicted molar refractivity (Wildman–Crippen MR) is 92.0 cm³/mol. The van der Waals surface area contributed by atoms with E-state index in [0.29, 0.717) is 0 Å². The Morgan fingerprint density at radius 2 is 1.81 bits per heavy atom. The molecule has 1 heterocycles. The number of nitrogens with zero attached hydrogens (tertiary/aromatic N) is 2. The smallest absolute Gasteiger partial charge is 0.0409 e. The maximum Gasteiger partial charge on any atom is 0.0409 e. The van der Waals surface area contributed by atoms with Crippen molar-refractivity contribution in [3.63, 3.8) is 0 Å². The molecule has 0 saturated carbocycles. The van der Waals surface area contributed by atoms with E-state index in [0.717, 1.165) is 13.1 Å². The van der Waals surface area contributed by atoms with Crippen LogP contribution in [0.15, 0.2) is 24.3 Å². The van der Waals surface area contributed by atoms with Crippen LogP contribution in [-0.2, 0) is 6.54 Å². The summed E-state index contributed by atoms with van der Waals surface area (Å²) in [5.41, 5.74) is 2.89. The first-order valence-corrected chi connectivity index (χ1v) is 8.22. The molecule has 0 atom stereocenters. The number of nitrogens with one attached hydrogen (secondary N) is 1. The summed E-state index contributed by atoms with van der Waals surface area (Å²) in [7, 11) is 2.21. The highest BCUT2D eigenvalue weighted by Gasteiger charge is 2.14. The van der Waals surface area contributed by atoms with Gasteiger partial charge in [0.2, 0.25) is 0 Å². The summed E-state index contributed by atoms with van der Waals surface area (Å²) in [5, 5.41) is 3.59. The third-order valence-electron chi connectivity index (χ3n) is 4.16. The van der Waals surface area contributed by atoms with Crippen molar-refractivity contribution in [3.8, 4) is 0 Å². The average molecular weight is 289 g/mol. The minimum Gasteiger partial charge on any atom is -0.373 e. The fourth-order valence-corrected chi connectivity index (χ4v) is 2.81. The van der Waals surface area contributed by atoms with Crippen LogP contribution in [0.1, 0.15) is 39.2 Å². The van der Waals surface area contributed by atoms with E-state index in [1.54, 1.807) is 0 Å². The molecule has 1 aromatic rings. The highest BCUT2D eigenvalue weighted by atomic mass is 15.2. The Labute approximate surface area is 130 Å². The standard InChI is InChI=1S/C18H31N3/c1-18(2,3)19-15-16-9-5-6-10-17(16)20(4)13-14-21-11-7-8-12-21/h5-6,9-10,19H,7-8,11-15H2,1-4H3. The second-order valence-corrected chi connectivity index (χ2v) is 7.20. The number of para-hydroxylation sites is 1. The average Bonchev–Trinajstić information content (AvgIpc) is 2.95. The molecule has 1 aromatic carbocycles. The van der Waals surface area contributed by atoms with Crippen LogP contribution in [0.3, 0.4) is 0 Å². The molecule has 0 aromatic heterocycles. The van der Waals surface area contributed by atoms with Crippen LogP contribution in [-0.4, -0.2) is 43.7 Å². The SMILES string of the molecule is CN(CCN1CCCC1)c1ccccc1CNC(C)(C)C. The van der Waals surface area contributed by atoms with Crippen molar-refractivity contribution < 1.29 is 0 Å². The molecule has 3 nitrogen and oxygen atoms in total. The molecule has 0 bridgehead atoms. The van der Waals surface area contributed by atoms with E-state index in [1.807, 2.05) is 0 Å². The quantitative estimate of drug-likeness (QED) is 0.868. The summed E-state index contributed by atoms with van der Waals surface area (Å²) in [6.07, 6.45) is 2.74. The number of hydrogen-bond donors (Lipinski definition) is 1. The highest BCUT2D eigenvalue weighted by molar-refractivity contribution is 5.53. The van der Waals surface area contributed by atoms with E-state index in [2.05, 4.69) is 67.2 Å². The van der Waals surface area contributed by atoms with Gasteiger partial charge in [0.25, 0.3) is 0 Å². The van der Waals surface area contributed by atoms with Crippen LogP contribution in [0.25, 0.3) is 0 Å². The molecule has 0 amide bonds. The van der Waals surface area contributed by atoms with Gasteiger partial charge in [0.05, 0.1) is 0 Å². The van der Waals surface area contributed by atoms with Crippen LogP contribution in [0, 0.1) is 0 Å². The summed E-state index contributed by atoms with van der Waals surface area (Å²) in [5.74, 6) is 0. The second kappa shape index (κ2) is 7.28. The Kier molecular flexibility index (Phi) is 5.65. The lowest BCUT2D eigenvalue weighted by Gasteiger charge is -2.27. The molecule has 1 fully saturated rings. The number of rotatable bonds is 6. The molecule has 3 heteroatoms. The third-order valence-corrected chi connectivity index (χ3v) is 4.16. The van der Waals surface area contributed by atoms with E-state index in [9.17, 15) is 0 Å². The van der Waals surface area contributed by atoms with Crippen molar-refractivity contribution >= 4 is 5.69 Å². The van der Waals surface area contributed by atoms with Gasteiger partial charge in [0.15, 0.2) is 0 Å². The van der Waals surface area contributed by atoms with Gasteiger partial charge in [-0.3, -0.25) is 0 Å². The number of hydrogen-bond acceptors (Lipinski definition) is 3. The van der Waals surface area contributed by atoms with Gasteiger partial charge in [0, 0.05) is 37.9 Å². The van der Waals surface area contributed by atoms with Gasteiger partial charge >= 0.3 is 0 Å². The van der Waals surface area contributed by atoms with Crippen LogP contribution < -0.4 is 10.2 Å². The summed E-state index contributed by atoms with van der Waals surface area (Å²) >= 11 is 0. The molecule has 1 N–H and O–H groups in total. The number of benzene rings is 1. The van der Waals surface area contributed by atoms with Gasteiger partial charge in [-0.1, -0.05) is 18.2 Å². The maximum atomic E-state index is 3.59. The molecule has 21 heavy (non-hydrogen) atoms. The summed E-state index contributed by atoms with van der Waals surface area (Å²) in [6.45, 7) is 12.4. The fraction of sp³-hybridized carbons (Fsp3) is 0.667. The minimum absolute atomic E-state index is 0.154. The van der Waals surface area contributed by atoms with E-state index in [-0.39, 0.29) is 5.54 Å². The van der Waals surface area contributed by atoms with Crippen molar-refractivity contribution in [3.05, 3.63) is 29.8 Å². The van der Waals surface area contributed by atoms with Crippen molar-refractivity contribution in [2.24, 2.45) is 0 Å². The van der Waals surface area contributed by atoms with E-state index >= 15 is 0 Å². The van der Waals surface area contributed by atoms with Gasteiger partial charge in [-0.2, -0.15) is 0 Å². The molecule has 118 valence electrons. The first-order valence-electron chi connectivity index (χ1n) is 8.22. The van der Waals surface area contributed by atoms with Crippen LogP contribution in [0.2, 0.25) is 0 Å². The Hall–Kier alpha value is -1.06. The fourth-order valence-electron chi connectivity index (χ4n) is 2.81. The highest BCUT2D eigenvalue weighted by Crippen LogP contribution is 2.20. The molecule has 2 rings (SSSR count). The van der Waals surface area contributed by atoms with Gasteiger partial charge in [0.1, 0.15) is 0 Å². The second-order valence-electron chi connectivity index (χ2n) is 7.20. The minimum atomic E-state index is 0.154. The van der Waals surface area contributed by atoms with Crippen LogP contribution in [0.5, 0.6) is 0 Å². The Bertz CT molecular complexity index is 430. The summed E-state index contributed by atoms with van der Waals surface area (Å²) in [4.78, 5) is 4.98. The van der Waals surface area contributed by atoms with Crippen LogP contribution in [0.4, 0.5) is 5.69 Å². The van der Waals surface area contributed by atoms with Gasteiger partial charge in [-0.05, 0) is 58.3 Å². The van der Waals surface area contributed by atoms with Crippen LogP contribution >= 0.6 is 0 Å². The van der Waals surface area contributed by atoms with Crippen molar-refractivity contribution in [1.82, 2.24) is 10.2 Å².